The number of likely N-dealkylation sites (tertiary alicyclic amines) is 2. The average Bonchev–Trinajstić information content (AvgIpc) is 2.83. The molecular weight excluding hydrogens is 433 g/mol. The van der Waals surface area contributed by atoms with E-state index >= 15 is 0 Å². The summed E-state index contributed by atoms with van der Waals surface area (Å²) in [7, 11) is 0. The summed E-state index contributed by atoms with van der Waals surface area (Å²) in [6.45, 7) is 1.72. The highest BCUT2D eigenvalue weighted by Gasteiger charge is 2.42. The molecule has 2 aromatic carbocycles. The van der Waals surface area contributed by atoms with Crippen molar-refractivity contribution in [3.63, 3.8) is 0 Å². The maximum Gasteiger partial charge on any atom is 0.417 e. The minimum absolute atomic E-state index is 0.00440. The summed E-state index contributed by atoms with van der Waals surface area (Å²) in [6.07, 6.45) is -2.21. The number of para-hydroxylation sites is 1. The second kappa shape index (κ2) is 9.85. The summed E-state index contributed by atoms with van der Waals surface area (Å²) in [5.41, 5.74) is -1.20. The summed E-state index contributed by atoms with van der Waals surface area (Å²) < 4.78 is 45.9. The Bertz CT molecular complexity index is 980. The van der Waals surface area contributed by atoms with Crippen molar-refractivity contribution in [3.05, 3.63) is 65.7 Å². The first kappa shape index (κ1) is 23.1. The lowest BCUT2D eigenvalue weighted by atomic mass is 9.83. The van der Waals surface area contributed by atoms with Gasteiger partial charge in [-0.2, -0.15) is 13.2 Å². The third kappa shape index (κ3) is 5.31. The molecule has 176 valence electrons. The van der Waals surface area contributed by atoms with Gasteiger partial charge >= 0.3 is 6.18 Å². The number of carbonyl (C=O) groups is 2. The molecule has 2 amide bonds. The van der Waals surface area contributed by atoms with Crippen LogP contribution in [-0.2, 0) is 11.0 Å². The first-order chi connectivity index (χ1) is 15.8. The number of rotatable bonds is 5. The van der Waals surface area contributed by atoms with E-state index in [1.54, 1.807) is 9.80 Å². The molecule has 0 spiro atoms. The van der Waals surface area contributed by atoms with Gasteiger partial charge in [0.15, 0.2) is 0 Å². The van der Waals surface area contributed by atoms with Crippen LogP contribution in [0.5, 0.6) is 5.75 Å². The van der Waals surface area contributed by atoms with E-state index in [-0.39, 0.29) is 36.5 Å². The first-order valence-electron chi connectivity index (χ1n) is 11.3. The average molecular weight is 460 g/mol. The molecule has 0 saturated carbocycles. The normalized spacial score (nSPS) is 20.8. The predicted molar refractivity (Wildman–Crippen MR) is 117 cm³/mol. The van der Waals surface area contributed by atoms with Gasteiger partial charge in [0, 0.05) is 25.7 Å². The van der Waals surface area contributed by atoms with Crippen LogP contribution in [-0.4, -0.2) is 53.9 Å². The molecule has 2 aliphatic rings. The zero-order valence-electron chi connectivity index (χ0n) is 18.3. The van der Waals surface area contributed by atoms with Crippen LogP contribution in [0.2, 0.25) is 0 Å². The van der Waals surface area contributed by atoms with Gasteiger partial charge in [-0.1, -0.05) is 30.3 Å². The maximum atomic E-state index is 13.4. The van der Waals surface area contributed by atoms with Crippen LogP contribution < -0.4 is 4.74 Å². The smallest absolute Gasteiger partial charge is 0.417 e. The van der Waals surface area contributed by atoms with Crippen LogP contribution in [0.25, 0.3) is 0 Å². The number of amides is 2. The third-order valence-electron chi connectivity index (χ3n) is 6.47. The van der Waals surface area contributed by atoms with Crippen LogP contribution >= 0.6 is 0 Å². The van der Waals surface area contributed by atoms with E-state index in [1.165, 1.54) is 18.2 Å². The number of hydrogen-bond acceptors (Lipinski definition) is 3. The van der Waals surface area contributed by atoms with E-state index in [1.807, 2.05) is 30.3 Å². The zero-order chi connectivity index (χ0) is 23.4. The van der Waals surface area contributed by atoms with Gasteiger partial charge < -0.3 is 14.5 Å². The number of nitrogens with zero attached hydrogens (tertiary/aromatic N) is 2. The molecule has 2 saturated heterocycles. The number of alkyl halides is 3. The minimum Gasteiger partial charge on any atom is -0.493 e. The molecule has 2 heterocycles. The number of hydrogen-bond donors (Lipinski definition) is 0. The molecule has 0 bridgehead atoms. The lowest BCUT2D eigenvalue weighted by molar-refractivity contribution is -0.138. The third-order valence-corrected chi connectivity index (χ3v) is 6.47. The fraction of sp³-hybridized carbons (Fsp3) is 0.440. The molecule has 4 rings (SSSR count). The van der Waals surface area contributed by atoms with Crippen LogP contribution in [0.3, 0.4) is 0 Å². The fourth-order valence-electron chi connectivity index (χ4n) is 4.88. The van der Waals surface area contributed by atoms with Gasteiger partial charge in [-0.3, -0.25) is 9.59 Å². The van der Waals surface area contributed by atoms with E-state index < -0.39 is 17.6 Å². The number of carbonyl (C=O) groups excluding carboxylic acids is 2. The standard InChI is InChI=1S/C25H27F3N2O3/c26-25(27,28)21-11-5-4-10-20(21)24(32)30-14-6-7-18-17-29(15-12-22(18)30)23(31)13-16-33-19-8-2-1-3-9-19/h1-5,8-11,18,22H,6-7,12-17H2/t18-,22+/m1/s1. The topological polar surface area (TPSA) is 49.9 Å². The molecule has 0 N–H and O–H groups in total. The summed E-state index contributed by atoms with van der Waals surface area (Å²) in [4.78, 5) is 29.2. The second-order valence-corrected chi connectivity index (χ2v) is 8.55. The molecule has 2 aromatic rings. The zero-order valence-corrected chi connectivity index (χ0v) is 18.3. The lowest BCUT2D eigenvalue weighted by Gasteiger charge is -2.47. The molecule has 2 aliphatic heterocycles. The van der Waals surface area contributed by atoms with Gasteiger partial charge in [-0.25, -0.2) is 0 Å². The summed E-state index contributed by atoms with van der Waals surface area (Å²) in [5.74, 6) is 0.196. The number of fused-ring (bicyclic) bond motifs is 1. The Hall–Kier alpha value is -3.03. The molecule has 0 aliphatic carbocycles. The quantitative estimate of drug-likeness (QED) is 0.654. The molecule has 0 aromatic heterocycles. The van der Waals surface area contributed by atoms with Crippen molar-refractivity contribution in [1.82, 2.24) is 9.80 Å². The van der Waals surface area contributed by atoms with Crippen molar-refractivity contribution in [3.8, 4) is 5.75 Å². The number of benzene rings is 2. The minimum atomic E-state index is -4.58. The number of halogens is 3. The lowest BCUT2D eigenvalue weighted by Crippen LogP contribution is -2.56. The van der Waals surface area contributed by atoms with Gasteiger partial charge in [0.05, 0.1) is 24.2 Å². The van der Waals surface area contributed by atoms with Crippen LogP contribution in [0, 0.1) is 5.92 Å². The predicted octanol–water partition coefficient (Wildman–Crippen LogP) is 4.63. The van der Waals surface area contributed by atoms with Gasteiger partial charge in [0.1, 0.15) is 5.75 Å². The Balaban J connectivity index is 1.38. The monoisotopic (exact) mass is 460 g/mol. The summed E-state index contributed by atoms with van der Waals surface area (Å²) >= 11 is 0. The summed E-state index contributed by atoms with van der Waals surface area (Å²) in [5, 5.41) is 0. The van der Waals surface area contributed by atoms with Gasteiger partial charge in [-0.15, -0.1) is 0 Å². The van der Waals surface area contributed by atoms with Crippen molar-refractivity contribution < 1.29 is 27.5 Å². The van der Waals surface area contributed by atoms with Crippen molar-refractivity contribution >= 4 is 11.8 Å². The highest BCUT2D eigenvalue weighted by Crippen LogP contribution is 2.36. The van der Waals surface area contributed by atoms with Gasteiger partial charge in [0.2, 0.25) is 5.91 Å². The van der Waals surface area contributed by atoms with Crippen molar-refractivity contribution in [2.45, 2.75) is 37.9 Å². The number of ether oxygens (including phenoxy) is 1. The highest BCUT2D eigenvalue weighted by atomic mass is 19.4. The Morgan fingerprint density at radius 1 is 0.970 bits per heavy atom. The second-order valence-electron chi connectivity index (χ2n) is 8.55. The first-order valence-corrected chi connectivity index (χ1v) is 11.3. The molecule has 33 heavy (non-hydrogen) atoms. The van der Waals surface area contributed by atoms with E-state index in [2.05, 4.69) is 0 Å². The maximum absolute atomic E-state index is 13.4. The van der Waals surface area contributed by atoms with Gasteiger partial charge in [0.25, 0.3) is 5.91 Å². The van der Waals surface area contributed by atoms with Crippen molar-refractivity contribution in [2.75, 3.05) is 26.2 Å². The van der Waals surface area contributed by atoms with E-state index in [4.69, 9.17) is 4.74 Å². The van der Waals surface area contributed by atoms with Crippen LogP contribution in [0.15, 0.2) is 54.6 Å². The van der Waals surface area contributed by atoms with E-state index in [0.29, 0.717) is 38.2 Å². The Morgan fingerprint density at radius 2 is 1.70 bits per heavy atom. The van der Waals surface area contributed by atoms with Crippen molar-refractivity contribution in [2.24, 2.45) is 5.92 Å². The van der Waals surface area contributed by atoms with Crippen molar-refractivity contribution in [1.29, 1.82) is 0 Å². The molecular formula is C25H27F3N2O3. The largest absolute Gasteiger partial charge is 0.493 e. The highest BCUT2D eigenvalue weighted by molar-refractivity contribution is 5.96. The fourth-order valence-corrected chi connectivity index (χ4v) is 4.88. The van der Waals surface area contributed by atoms with Crippen LogP contribution in [0.4, 0.5) is 13.2 Å². The Labute approximate surface area is 191 Å². The Kier molecular flexibility index (Phi) is 6.91. The molecule has 8 heteroatoms. The van der Waals surface area contributed by atoms with Gasteiger partial charge in [-0.05, 0) is 49.4 Å². The molecule has 2 fully saturated rings. The van der Waals surface area contributed by atoms with Crippen LogP contribution in [0.1, 0.15) is 41.6 Å². The van der Waals surface area contributed by atoms with E-state index in [0.717, 1.165) is 12.5 Å². The number of piperidine rings is 2. The SMILES string of the molecule is O=C(CCOc1ccccc1)N1CC[C@H]2[C@H](CCCN2C(=O)c2ccccc2C(F)(F)F)C1. The molecule has 0 radical (unpaired) electrons. The summed E-state index contributed by atoms with van der Waals surface area (Å²) in [6, 6.07) is 14.1. The Morgan fingerprint density at radius 3 is 2.45 bits per heavy atom. The van der Waals surface area contributed by atoms with E-state index in [9.17, 15) is 22.8 Å². The molecule has 2 atom stereocenters. The molecule has 5 nitrogen and oxygen atoms in total. The molecule has 0 unspecified atom stereocenters.